The lowest BCUT2D eigenvalue weighted by Gasteiger charge is -2.37. The van der Waals surface area contributed by atoms with Crippen molar-refractivity contribution in [2.45, 2.75) is 27.3 Å². The second kappa shape index (κ2) is 7.87. The largest absolute Gasteiger partial charge is 0.368 e. The van der Waals surface area contributed by atoms with Crippen LogP contribution in [0, 0.1) is 20.8 Å². The van der Waals surface area contributed by atoms with Crippen molar-refractivity contribution in [1.29, 1.82) is 0 Å². The van der Waals surface area contributed by atoms with Crippen LogP contribution in [-0.2, 0) is 6.54 Å². The van der Waals surface area contributed by atoms with Crippen molar-refractivity contribution in [3.63, 3.8) is 0 Å². The van der Waals surface area contributed by atoms with E-state index in [4.69, 9.17) is 0 Å². The lowest BCUT2D eigenvalue weighted by Crippen LogP contribution is -2.52. The third-order valence-electron chi connectivity index (χ3n) is 4.63. The number of anilines is 1. The van der Waals surface area contributed by atoms with Gasteiger partial charge in [0.05, 0.1) is 12.2 Å². The number of aryl methyl sites for hydroxylation is 3. The van der Waals surface area contributed by atoms with Gasteiger partial charge in [0.1, 0.15) is 5.01 Å². The van der Waals surface area contributed by atoms with Crippen molar-refractivity contribution in [1.82, 2.24) is 15.2 Å². The first-order chi connectivity index (χ1) is 12.1. The monoisotopic (exact) mass is 357 g/mol. The van der Waals surface area contributed by atoms with Crippen LogP contribution in [0.2, 0.25) is 0 Å². The molecule has 0 unspecified atom stereocenters. The topological polar surface area (TPSA) is 43.8 Å². The van der Waals surface area contributed by atoms with Gasteiger partial charge >= 0.3 is 0 Å². The van der Waals surface area contributed by atoms with Gasteiger partial charge in [0, 0.05) is 43.8 Å². The molecule has 5 nitrogen and oxygen atoms in total. The SMILES string of the molecule is CN=C(NCc1nc(C)c(C)s1)N1CCN(c2cccc(C)c2)CC1. The molecule has 25 heavy (non-hydrogen) atoms. The van der Waals surface area contributed by atoms with E-state index in [-0.39, 0.29) is 0 Å². The summed E-state index contributed by atoms with van der Waals surface area (Å²) in [6, 6.07) is 8.74. The molecule has 134 valence electrons. The Balaban J connectivity index is 1.55. The van der Waals surface area contributed by atoms with Crippen molar-refractivity contribution in [2.75, 3.05) is 38.1 Å². The molecule has 1 N–H and O–H groups in total. The minimum absolute atomic E-state index is 0.740. The van der Waals surface area contributed by atoms with Crippen molar-refractivity contribution < 1.29 is 0 Å². The number of aliphatic imine (C=N–C) groups is 1. The first-order valence-corrected chi connectivity index (χ1v) is 9.58. The molecule has 3 rings (SSSR count). The van der Waals surface area contributed by atoms with Crippen LogP contribution in [-0.4, -0.2) is 49.1 Å². The summed E-state index contributed by atoms with van der Waals surface area (Å²) in [5.74, 6) is 0.967. The number of aromatic nitrogens is 1. The maximum absolute atomic E-state index is 4.60. The summed E-state index contributed by atoms with van der Waals surface area (Å²) in [7, 11) is 1.85. The Morgan fingerprint density at radius 1 is 1.20 bits per heavy atom. The Morgan fingerprint density at radius 3 is 2.56 bits per heavy atom. The van der Waals surface area contributed by atoms with Gasteiger partial charge in [-0.25, -0.2) is 4.98 Å². The van der Waals surface area contributed by atoms with Gasteiger partial charge in [0.2, 0.25) is 0 Å². The van der Waals surface area contributed by atoms with E-state index in [1.54, 1.807) is 11.3 Å². The van der Waals surface area contributed by atoms with Crippen molar-refractivity contribution in [3.05, 3.63) is 45.4 Å². The molecule has 0 atom stereocenters. The lowest BCUT2D eigenvalue weighted by atomic mass is 10.2. The van der Waals surface area contributed by atoms with E-state index in [1.165, 1.54) is 16.1 Å². The Hall–Kier alpha value is -2.08. The third-order valence-corrected chi connectivity index (χ3v) is 5.70. The first-order valence-electron chi connectivity index (χ1n) is 8.77. The predicted octanol–water partition coefficient (Wildman–Crippen LogP) is 2.97. The number of thiazole rings is 1. The molecule has 1 aliphatic rings. The molecule has 1 saturated heterocycles. The van der Waals surface area contributed by atoms with E-state index in [9.17, 15) is 0 Å². The standard InChI is InChI=1S/C19H27N5S/c1-14-6-5-7-17(12-14)23-8-10-24(11-9-23)19(20-4)21-13-18-22-15(2)16(3)25-18/h5-7,12H,8-11,13H2,1-4H3,(H,20,21). The molecule has 0 saturated carbocycles. The molecule has 2 heterocycles. The molecular weight excluding hydrogens is 330 g/mol. The van der Waals surface area contributed by atoms with E-state index in [1.807, 2.05) is 7.05 Å². The van der Waals surface area contributed by atoms with Crippen molar-refractivity contribution in [3.8, 4) is 0 Å². The van der Waals surface area contributed by atoms with Gasteiger partial charge in [-0.1, -0.05) is 12.1 Å². The highest BCUT2D eigenvalue weighted by atomic mass is 32.1. The molecule has 1 aromatic heterocycles. The Bertz CT molecular complexity index is 725. The van der Waals surface area contributed by atoms with Gasteiger partial charge in [-0.2, -0.15) is 0 Å². The third kappa shape index (κ3) is 4.31. The van der Waals surface area contributed by atoms with Gasteiger partial charge in [0.15, 0.2) is 5.96 Å². The normalized spacial score (nSPS) is 15.6. The first kappa shape index (κ1) is 17.7. The second-order valence-electron chi connectivity index (χ2n) is 6.46. The zero-order chi connectivity index (χ0) is 17.8. The highest BCUT2D eigenvalue weighted by molar-refractivity contribution is 7.11. The van der Waals surface area contributed by atoms with E-state index >= 15 is 0 Å². The number of hydrogen-bond donors (Lipinski definition) is 1. The summed E-state index contributed by atoms with van der Waals surface area (Å²) in [6.07, 6.45) is 0. The minimum Gasteiger partial charge on any atom is -0.368 e. The summed E-state index contributed by atoms with van der Waals surface area (Å²) >= 11 is 1.76. The van der Waals surface area contributed by atoms with E-state index in [2.05, 4.69) is 70.1 Å². The Labute approximate surface area is 154 Å². The number of benzene rings is 1. The van der Waals surface area contributed by atoms with E-state index in [0.717, 1.165) is 49.4 Å². The summed E-state index contributed by atoms with van der Waals surface area (Å²) in [6.45, 7) is 11.1. The van der Waals surface area contributed by atoms with Crippen LogP contribution < -0.4 is 10.2 Å². The fourth-order valence-corrected chi connectivity index (χ4v) is 3.98. The van der Waals surface area contributed by atoms with Crippen LogP contribution in [0.3, 0.4) is 0 Å². The van der Waals surface area contributed by atoms with Gasteiger partial charge < -0.3 is 15.1 Å². The van der Waals surface area contributed by atoms with Gasteiger partial charge in [-0.05, 0) is 38.5 Å². The van der Waals surface area contributed by atoms with Crippen LogP contribution in [0.1, 0.15) is 21.1 Å². The lowest BCUT2D eigenvalue weighted by molar-refractivity contribution is 0.372. The maximum Gasteiger partial charge on any atom is 0.194 e. The highest BCUT2D eigenvalue weighted by Gasteiger charge is 2.20. The highest BCUT2D eigenvalue weighted by Crippen LogP contribution is 2.18. The zero-order valence-corrected chi connectivity index (χ0v) is 16.4. The smallest absolute Gasteiger partial charge is 0.194 e. The molecule has 1 aromatic carbocycles. The molecule has 2 aromatic rings. The molecular formula is C19H27N5S. The molecule has 0 aliphatic carbocycles. The number of rotatable bonds is 3. The summed E-state index contributed by atoms with van der Waals surface area (Å²) in [4.78, 5) is 15.1. The molecule has 0 amide bonds. The number of guanidine groups is 1. The van der Waals surface area contributed by atoms with Crippen LogP contribution in [0.5, 0.6) is 0 Å². The summed E-state index contributed by atoms with van der Waals surface area (Å²) in [5, 5.41) is 4.58. The molecule has 0 spiro atoms. The summed E-state index contributed by atoms with van der Waals surface area (Å²) in [5.41, 5.74) is 3.76. The average molecular weight is 358 g/mol. The van der Waals surface area contributed by atoms with E-state index in [0.29, 0.717) is 0 Å². The van der Waals surface area contributed by atoms with Crippen LogP contribution in [0.4, 0.5) is 5.69 Å². The predicted molar refractivity (Wildman–Crippen MR) is 107 cm³/mol. The van der Waals surface area contributed by atoms with Crippen LogP contribution >= 0.6 is 11.3 Å². The van der Waals surface area contributed by atoms with Crippen LogP contribution in [0.25, 0.3) is 0 Å². The number of nitrogens with one attached hydrogen (secondary N) is 1. The van der Waals surface area contributed by atoms with Gasteiger partial charge in [-0.3, -0.25) is 4.99 Å². The van der Waals surface area contributed by atoms with E-state index < -0.39 is 0 Å². The zero-order valence-electron chi connectivity index (χ0n) is 15.5. The summed E-state index contributed by atoms with van der Waals surface area (Å²) < 4.78 is 0. The molecule has 1 fully saturated rings. The Morgan fingerprint density at radius 2 is 1.96 bits per heavy atom. The molecule has 1 aliphatic heterocycles. The average Bonchev–Trinajstić information content (AvgIpc) is 2.94. The van der Waals surface area contributed by atoms with Gasteiger partial charge in [-0.15, -0.1) is 11.3 Å². The number of piperazine rings is 1. The number of nitrogens with zero attached hydrogens (tertiary/aromatic N) is 4. The molecule has 0 bridgehead atoms. The second-order valence-corrected chi connectivity index (χ2v) is 7.75. The Kier molecular flexibility index (Phi) is 5.58. The van der Waals surface area contributed by atoms with Crippen LogP contribution in [0.15, 0.2) is 29.3 Å². The fraction of sp³-hybridized carbons (Fsp3) is 0.474. The number of hydrogen-bond acceptors (Lipinski definition) is 4. The fourth-order valence-electron chi connectivity index (χ4n) is 3.10. The minimum atomic E-state index is 0.740. The van der Waals surface area contributed by atoms with Crippen molar-refractivity contribution >= 4 is 23.0 Å². The quantitative estimate of drug-likeness (QED) is 0.677. The maximum atomic E-state index is 4.60. The van der Waals surface area contributed by atoms with Gasteiger partial charge in [0.25, 0.3) is 0 Å². The van der Waals surface area contributed by atoms with Crippen molar-refractivity contribution in [2.24, 2.45) is 4.99 Å². The molecule has 6 heteroatoms. The molecule has 0 radical (unpaired) electrons.